The van der Waals surface area contributed by atoms with Gasteiger partial charge >= 0.3 is 0 Å². The summed E-state index contributed by atoms with van der Waals surface area (Å²) in [5.74, 6) is 0.760. The molecule has 0 bridgehead atoms. The first-order chi connectivity index (χ1) is 15.0. The second kappa shape index (κ2) is 10.8. The highest BCUT2D eigenvalue weighted by atomic mass is 35.5. The molecule has 0 spiro atoms. The Labute approximate surface area is 188 Å². The largest absolute Gasteiger partial charge is 0.493 e. The maximum Gasteiger partial charge on any atom is 0.254 e. The highest BCUT2D eigenvalue weighted by molar-refractivity contribution is 6.32. The van der Waals surface area contributed by atoms with E-state index >= 15 is 0 Å². The molecule has 6 heteroatoms. The maximum atomic E-state index is 13.6. The zero-order chi connectivity index (χ0) is 22.2. The molecule has 0 unspecified atom stereocenters. The number of aryl methyl sites for hydroxylation is 1. The number of hydrogen-bond donors (Lipinski definition) is 0. The molecule has 1 heterocycles. The van der Waals surface area contributed by atoms with Crippen LogP contribution in [0.3, 0.4) is 0 Å². The molecule has 0 saturated heterocycles. The minimum Gasteiger partial charge on any atom is -0.493 e. The second-order valence-corrected chi connectivity index (χ2v) is 7.69. The van der Waals surface area contributed by atoms with Crippen LogP contribution >= 0.6 is 11.6 Å². The van der Waals surface area contributed by atoms with E-state index in [9.17, 15) is 4.79 Å². The number of pyridine rings is 1. The molecule has 0 fully saturated rings. The molecule has 3 rings (SSSR count). The number of amides is 1. The van der Waals surface area contributed by atoms with E-state index in [0.717, 1.165) is 23.1 Å². The summed E-state index contributed by atoms with van der Waals surface area (Å²) in [5, 5.41) is 0.355. The molecule has 2 aromatic carbocycles. The summed E-state index contributed by atoms with van der Waals surface area (Å²) in [6.45, 7) is 5.47. The van der Waals surface area contributed by atoms with Gasteiger partial charge in [-0.2, -0.15) is 0 Å². The summed E-state index contributed by atoms with van der Waals surface area (Å²) in [6, 6.07) is 15.2. The van der Waals surface area contributed by atoms with Crippen LogP contribution in [0.2, 0.25) is 5.02 Å². The number of rotatable bonds is 9. The van der Waals surface area contributed by atoms with E-state index < -0.39 is 0 Å². The van der Waals surface area contributed by atoms with E-state index in [1.807, 2.05) is 50.2 Å². The van der Waals surface area contributed by atoms with Gasteiger partial charge in [0.2, 0.25) is 0 Å². The summed E-state index contributed by atoms with van der Waals surface area (Å²) >= 11 is 6.46. The minimum atomic E-state index is -0.144. The molecule has 0 aliphatic rings. The van der Waals surface area contributed by atoms with Crippen LogP contribution in [0.15, 0.2) is 60.9 Å². The van der Waals surface area contributed by atoms with Crippen LogP contribution in [0.25, 0.3) is 0 Å². The van der Waals surface area contributed by atoms with Crippen LogP contribution in [-0.2, 0) is 13.1 Å². The van der Waals surface area contributed by atoms with Crippen molar-refractivity contribution in [2.24, 2.45) is 0 Å². The predicted octanol–water partition coefficient (Wildman–Crippen LogP) is 5.68. The van der Waals surface area contributed by atoms with Crippen LogP contribution in [0.1, 0.15) is 40.4 Å². The molecule has 0 atom stereocenters. The number of carbonyl (C=O) groups excluding carboxylic acids is 1. The van der Waals surface area contributed by atoms with Crippen molar-refractivity contribution in [3.8, 4) is 11.5 Å². The lowest BCUT2D eigenvalue weighted by Gasteiger charge is -2.24. The van der Waals surface area contributed by atoms with Crippen LogP contribution in [0.5, 0.6) is 11.5 Å². The number of methoxy groups -OCH3 is 1. The topological polar surface area (TPSA) is 51.7 Å². The highest BCUT2D eigenvalue weighted by Gasteiger charge is 2.21. The summed E-state index contributed by atoms with van der Waals surface area (Å²) < 4.78 is 11.2. The Morgan fingerprint density at radius 2 is 1.94 bits per heavy atom. The third-order valence-corrected chi connectivity index (χ3v) is 5.21. The van der Waals surface area contributed by atoms with Gasteiger partial charge in [0.15, 0.2) is 11.5 Å². The Balaban J connectivity index is 1.95. The van der Waals surface area contributed by atoms with E-state index in [4.69, 9.17) is 21.1 Å². The van der Waals surface area contributed by atoms with Crippen molar-refractivity contribution >= 4 is 17.5 Å². The number of aromatic nitrogens is 1. The molecular weight excluding hydrogens is 412 g/mol. The highest BCUT2D eigenvalue weighted by Crippen LogP contribution is 2.37. The molecular formula is C25H27ClN2O3. The first-order valence-corrected chi connectivity index (χ1v) is 10.6. The number of benzene rings is 2. The van der Waals surface area contributed by atoms with Crippen LogP contribution in [0, 0.1) is 6.92 Å². The summed E-state index contributed by atoms with van der Waals surface area (Å²) in [6.07, 6.45) is 4.33. The Bertz CT molecular complexity index is 1020. The number of ether oxygens (including phenoxy) is 2. The zero-order valence-electron chi connectivity index (χ0n) is 18.1. The molecule has 31 heavy (non-hydrogen) atoms. The first-order valence-electron chi connectivity index (χ1n) is 10.3. The lowest BCUT2D eigenvalue weighted by molar-refractivity contribution is 0.0729. The fourth-order valence-corrected chi connectivity index (χ4v) is 3.54. The van der Waals surface area contributed by atoms with Crippen molar-refractivity contribution in [1.82, 2.24) is 9.88 Å². The minimum absolute atomic E-state index is 0.144. The first kappa shape index (κ1) is 22.6. The van der Waals surface area contributed by atoms with Gasteiger partial charge in [-0.25, -0.2) is 0 Å². The SMILES string of the molecule is CCCOc1c(Cl)cc(C(=O)N(Cc2cccnc2)Cc2ccccc2C)cc1OC. The second-order valence-electron chi connectivity index (χ2n) is 7.29. The number of halogens is 1. The van der Waals surface area contributed by atoms with Gasteiger partial charge < -0.3 is 14.4 Å². The molecule has 0 N–H and O–H groups in total. The maximum absolute atomic E-state index is 13.6. The third kappa shape index (κ3) is 5.76. The predicted molar refractivity (Wildman–Crippen MR) is 123 cm³/mol. The Morgan fingerprint density at radius 3 is 2.61 bits per heavy atom. The van der Waals surface area contributed by atoms with Crippen LogP contribution < -0.4 is 9.47 Å². The van der Waals surface area contributed by atoms with E-state index in [2.05, 4.69) is 4.98 Å². The molecule has 3 aromatic rings. The van der Waals surface area contributed by atoms with Gasteiger partial charge in [0.25, 0.3) is 5.91 Å². The van der Waals surface area contributed by atoms with E-state index in [-0.39, 0.29) is 5.91 Å². The molecule has 5 nitrogen and oxygen atoms in total. The van der Waals surface area contributed by atoms with Crippen molar-refractivity contribution in [2.75, 3.05) is 13.7 Å². The number of nitrogens with zero attached hydrogens (tertiary/aromatic N) is 2. The van der Waals surface area contributed by atoms with Gasteiger partial charge in [0.1, 0.15) is 0 Å². The fourth-order valence-electron chi connectivity index (χ4n) is 3.27. The molecule has 1 amide bonds. The van der Waals surface area contributed by atoms with Crippen molar-refractivity contribution < 1.29 is 14.3 Å². The fraction of sp³-hybridized carbons (Fsp3) is 0.280. The monoisotopic (exact) mass is 438 g/mol. The average molecular weight is 439 g/mol. The lowest BCUT2D eigenvalue weighted by Crippen LogP contribution is -2.30. The Hall–Kier alpha value is -3.05. The van der Waals surface area contributed by atoms with E-state index in [1.165, 1.54) is 0 Å². The van der Waals surface area contributed by atoms with Gasteiger partial charge in [-0.1, -0.05) is 48.9 Å². The molecule has 0 radical (unpaired) electrons. The normalized spacial score (nSPS) is 10.6. The van der Waals surface area contributed by atoms with Gasteiger partial charge in [0, 0.05) is 31.0 Å². The number of hydrogen-bond acceptors (Lipinski definition) is 4. The van der Waals surface area contributed by atoms with Crippen molar-refractivity contribution in [2.45, 2.75) is 33.4 Å². The van der Waals surface area contributed by atoms with Crippen LogP contribution in [0.4, 0.5) is 0 Å². The Morgan fingerprint density at radius 1 is 1.13 bits per heavy atom. The summed E-state index contributed by atoms with van der Waals surface area (Å²) in [5.41, 5.74) is 3.61. The summed E-state index contributed by atoms with van der Waals surface area (Å²) in [7, 11) is 1.54. The smallest absolute Gasteiger partial charge is 0.254 e. The average Bonchev–Trinajstić information content (AvgIpc) is 2.79. The van der Waals surface area contributed by atoms with Gasteiger partial charge in [0.05, 0.1) is 18.7 Å². The van der Waals surface area contributed by atoms with E-state index in [1.54, 1.807) is 36.5 Å². The molecule has 0 saturated carbocycles. The van der Waals surface area contributed by atoms with Crippen molar-refractivity contribution in [3.05, 3.63) is 88.2 Å². The third-order valence-electron chi connectivity index (χ3n) is 4.93. The molecule has 1 aromatic heterocycles. The molecule has 0 aliphatic heterocycles. The summed E-state index contributed by atoms with van der Waals surface area (Å²) in [4.78, 5) is 19.5. The number of carbonyl (C=O) groups is 1. The molecule has 162 valence electrons. The van der Waals surface area contributed by atoms with Gasteiger partial charge in [-0.05, 0) is 48.2 Å². The quantitative estimate of drug-likeness (QED) is 0.431. The van der Waals surface area contributed by atoms with Crippen LogP contribution in [-0.4, -0.2) is 29.5 Å². The lowest BCUT2D eigenvalue weighted by atomic mass is 10.1. The van der Waals surface area contributed by atoms with Crippen molar-refractivity contribution in [1.29, 1.82) is 0 Å². The standard InChI is InChI=1S/C25H27ClN2O3/c1-4-12-31-24-22(26)13-21(14-23(24)30-3)25(29)28(16-19-9-7-11-27-15-19)17-20-10-6-5-8-18(20)2/h5-11,13-15H,4,12,16-17H2,1-3H3. The van der Waals surface area contributed by atoms with Gasteiger partial charge in [-0.3, -0.25) is 9.78 Å². The Kier molecular flexibility index (Phi) is 7.90. The van der Waals surface area contributed by atoms with Gasteiger partial charge in [-0.15, -0.1) is 0 Å². The zero-order valence-corrected chi connectivity index (χ0v) is 18.9. The van der Waals surface area contributed by atoms with Crippen molar-refractivity contribution in [3.63, 3.8) is 0 Å². The molecule has 0 aliphatic carbocycles. The van der Waals surface area contributed by atoms with E-state index in [0.29, 0.717) is 41.8 Å².